The molecule has 0 radical (unpaired) electrons. The average molecular weight is 287 g/mol. The highest BCUT2D eigenvalue weighted by atomic mass is 35.5. The highest BCUT2D eigenvalue weighted by molar-refractivity contribution is 7.17. The molecule has 0 atom stereocenters. The quantitative estimate of drug-likeness (QED) is 0.844. The van der Waals surface area contributed by atoms with Gasteiger partial charge in [0, 0.05) is 32.3 Å². The molecule has 98 valence electrons. The van der Waals surface area contributed by atoms with Gasteiger partial charge in [-0.2, -0.15) is 0 Å². The number of nitrogens with zero attached hydrogens (tertiary/aromatic N) is 3. The molecule has 1 aromatic heterocycles. The molecule has 0 bridgehead atoms. The van der Waals surface area contributed by atoms with Crippen molar-refractivity contribution < 1.29 is 4.79 Å². The molecule has 1 aromatic rings. The van der Waals surface area contributed by atoms with Crippen LogP contribution in [0.15, 0.2) is 6.08 Å². The molecule has 2 rings (SSSR count). The lowest BCUT2D eigenvalue weighted by Crippen LogP contribution is -2.44. The summed E-state index contributed by atoms with van der Waals surface area (Å²) in [5.74, 6) is -0.486. The summed E-state index contributed by atoms with van der Waals surface area (Å²) in [5, 5.41) is 1.32. The number of hydrogen-bond acceptors (Lipinski definition) is 5. The number of anilines is 1. The van der Waals surface area contributed by atoms with Crippen LogP contribution in [0.4, 0.5) is 5.13 Å². The van der Waals surface area contributed by atoms with E-state index in [1.807, 2.05) is 0 Å². The van der Waals surface area contributed by atoms with Gasteiger partial charge in [-0.05, 0) is 13.1 Å². The number of nitrogens with two attached hydrogens (primary N) is 1. The largest absolute Gasteiger partial charge is 0.366 e. The van der Waals surface area contributed by atoms with Crippen molar-refractivity contribution in [2.75, 3.05) is 38.1 Å². The van der Waals surface area contributed by atoms with Crippen molar-refractivity contribution in [2.24, 2.45) is 5.73 Å². The zero-order valence-corrected chi connectivity index (χ0v) is 11.7. The molecule has 0 unspecified atom stereocenters. The Kier molecular flexibility index (Phi) is 4.21. The highest BCUT2D eigenvalue weighted by Gasteiger charge is 2.18. The second-order valence-corrected chi connectivity index (χ2v) is 5.54. The van der Waals surface area contributed by atoms with Crippen LogP contribution in [0.3, 0.4) is 0 Å². The van der Waals surface area contributed by atoms with E-state index in [0.717, 1.165) is 36.2 Å². The van der Waals surface area contributed by atoms with Gasteiger partial charge in [0.2, 0.25) is 5.91 Å². The van der Waals surface area contributed by atoms with Gasteiger partial charge in [0.1, 0.15) is 5.15 Å². The average Bonchev–Trinajstić information content (AvgIpc) is 2.69. The molecule has 1 fully saturated rings. The molecule has 0 spiro atoms. The molecule has 2 heterocycles. The molecule has 5 nitrogen and oxygen atoms in total. The van der Waals surface area contributed by atoms with Crippen molar-refractivity contribution in [1.29, 1.82) is 0 Å². The van der Waals surface area contributed by atoms with Crippen LogP contribution >= 0.6 is 22.9 Å². The van der Waals surface area contributed by atoms with E-state index in [0.29, 0.717) is 5.15 Å². The number of carbonyl (C=O) groups excluding carboxylic acids is 1. The lowest BCUT2D eigenvalue weighted by atomic mass is 10.3. The summed E-state index contributed by atoms with van der Waals surface area (Å²) in [5.41, 5.74) is 5.05. The molecule has 2 N–H and O–H groups in total. The molecule has 1 saturated heterocycles. The van der Waals surface area contributed by atoms with Gasteiger partial charge in [0.05, 0.1) is 4.88 Å². The number of amides is 1. The third-order valence-electron chi connectivity index (χ3n) is 2.77. The monoisotopic (exact) mass is 286 g/mol. The number of primary amides is 1. The Morgan fingerprint density at radius 2 is 2.11 bits per heavy atom. The predicted molar refractivity (Wildman–Crippen MR) is 75.1 cm³/mol. The van der Waals surface area contributed by atoms with Gasteiger partial charge in [-0.15, -0.1) is 0 Å². The van der Waals surface area contributed by atoms with Crippen molar-refractivity contribution in [3.8, 4) is 0 Å². The van der Waals surface area contributed by atoms with E-state index >= 15 is 0 Å². The number of likely N-dealkylation sites (N-methyl/N-ethyl adjacent to an activating group) is 1. The number of halogens is 1. The molecule has 7 heteroatoms. The Labute approximate surface area is 115 Å². The smallest absolute Gasteiger partial charge is 0.241 e. The number of thiazole rings is 1. The topological polar surface area (TPSA) is 62.5 Å². The molecule has 1 aliphatic rings. The van der Waals surface area contributed by atoms with Crippen LogP contribution in [-0.4, -0.2) is 49.0 Å². The summed E-state index contributed by atoms with van der Waals surface area (Å²) >= 11 is 7.51. The van der Waals surface area contributed by atoms with E-state index in [-0.39, 0.29) is 0 Å². The van der Waals surface area contributed by atoms with Gasteiger partial charge in [-0.25, -0.2) is 4.98 Å². The van der Waals surface area contributed by atoms with Gasteiger partial charge >= 0.3 is 0 Å². The molecule has 0 aliphatic carbocycles. The maximum Gasteiger partial charge on any atom is 0.241 e. The fourth-order valence-corrected chi connectivity index (χ4v) is 2.92. The maximum absolute atomic E-state index is 10.7. The number of carbonyl (C=O) groups is 1. The second kappa shape index (κ2) is 5.69. The van der Waals surface area contributed by atoms with Crippen LogP contribution in [0.25, 0.3) is 6.08 Å². The van der Waals surface area contributed by atoms with Crippen LogP contribution in [-0.2, 0) is 4.79 Å². The predicted octanol–water partition coefficient (Wildman–Crippen LogP) is 1.05. The molecule has 0 aromatic carbocycles. The summed E-state index contributed by atoms with van der Waals surface area (Å²) in [7, 11) is 2.10. The molecular weight excluding hydrogens is 272 g/mol. The van der Waals surface area contributed by atoms with E-state index < -0.39 is 5.91 Å². The van der Waals surface area contributed by atoms with Crippen molar-refractivity contribution in [2.45, 2.75) is 0 Å². The molecule has 1 amide bonds. The van der Waals surface area contributed by atoms with Crippen molar-refractivity contribution in [3.05, 3.63) is 16.1 Å². The summed E-state index contributed by atoms with van der Waals surface area (Å²) in [6.45, 7) is 3.92. The fraction of sp³-hybridized carbons (Fsp3) is 0.455. The standard InChI is InChI=1S/C11H15ClN4OS/c1-15-4-6-16(7-5-15)11-14-10(12)8(18-11)2-3-9(13)17/h2-3H,4-7H2,1H3,(H2,13,17)/b3-2-. The van der Waals surface area contributed by atoms with E-state index in [2.05, 4.69) is 21.8 Å². The third kappa shape index (κ3) is 3.22. The minimum absolute atomic E-state index is 0.423. The van der Waals surface area contributed by atoms with Crippen molar-refractivity contribution in [3.63, 3.8) is 0 Å². The minimum atomic E-state index is -0.486. The minimum Gasteiger partial charge on any atom is -0.366 e. The lowest BCUT2D eigenvalue weighted by Gasteiger charge is -2.31. The highest BCUT2D eigenvalue weighted by Crippen LogP contribution is 2.31. The first-order valence-electron chi connectivity index (χ1n) is 5.63. The number of rotatable bonds is 3. The first-order valence-corrected chi connectivity index (χ1v) is 6.83. The number of piperazine rings is 1. The van der Waals surface area contributed by atoms with Crippen LogP contribution < -0.4 is 10.6 Å². The Balaban J connectivity index is 2.11. The fourth-order valence-electron chi connectivity index (χ4n) is 1.70. The van der Waals surface area contributed by atoms with Crippen LogP contribution in [0.2, 0.25) is 5.15 Å². The number of aromatic nitrogens is 1. The SMILES string of the molecule is CN1CCN(c2nc(Cl)c(/C=C\C(N)=O)s2)CC1. The van der Waals surface area contributed by atoms with Gasteiger partial charge in [0.15, 0.2) is 5.13 Å². The summed E-state index contributed by atoms with van der Waals surface area (Å²) in [6, 6.07) is 0. The van der Waals surface area contributed by atoms with Gasteiger partial charge in [-0.1, -0.05) is 22.9 Å². The normalized spacial score (nSPS) is 17.6. The van der Waals surface area contributed by atoms with Crippen LogP contribution in [0.5, 0.6) is 0 Å². The number of hydrogen-bond donors (Lipinski definition) is 1. The molecule has 0 saturated carbocycles. The van der Waals surface area contributed by atoms with Crippen LogP contribution in [0, 0.1) is 0 Å². The first-order chi connectivity index (χ1) is 8.56. The second-order valence-electron chi connectivity index (χ2n) is 4.18. The van der Waals surface area contributed by atoms with E-state index in [1.54, 1.807) is 6.08 Å². The zero-order valence-electron chi connectivity index (χ0n) is 10.1. The summed E-state index contributed by atoms with van der Waals surface area (Å²) in [4.78, 5) is 20.3. The van der Waals surface area contributed by atoms with Crippen molar-refractivity contribution in [1.82, 2.24) is 9.88 Å². The Morgan fingerprint density at radius 3 is 2.72 bits per heavy atom. The lowest BCUT2D eigenvalue weighted by molar-refractivity contribution is -0.113. The molecule has 1 aliphatic heterocycles. The van der Waals surface area contributed by atoms with Crippen molar-refractivity contribution >= 4 is 40.1 Å². The maximum atomic E-state index is 10.7. The van der Waals surface area contributed by atoms with Gasteiger partial charge < -0.3 is 15.5 Å². The van der Waals surface area contributed by atoms with Gasteiger partial charge in [0.25, 0.3) is 0 Å². The Bertz CT molecular complexity index is 466. The summed E-state index contributed by atoms with van der Waals surface area (Å²) in [6.07, 6.45) is 2.91. The Hall–Kier alpha value is -1.11. The summed E-state index contributed by atoms with van der Waals surface area (Å²) < 4.78 is 0. The Morgan fingerprint density at radius 1 is 1.44 bits per heavy atom. The van der Waals surface area contributed by atoms with E-state index in [1.165, 1.54) is 17.4 Å². The molecule has 18 heavy (non-hydrogen) atoms. The third-order valence-corrected chi connectivity index (χ3v) is 4.25. The molecular formula is C11H15ClN4OS. The zero-order chi connectivity index (χ0) is 13.1. The van der Waals surface area contributed by atoms with E-state index in [9.17, 15) is 4.79 Å². The van der Waals surface area contributed by atoms with Crippen LogP contribution in [0.1, 0.15) is 4.88 Å². The van der Waals surface area contributed by atoms with Gasteiger partial charge in [-0.3, -0.25) is 4.79 Å². The van der Waals surface area contributed by atoms with E-state index in [4.69, 9.17) is 17.3 Å². The first kappa shape index (κ1) is 13.3.